The second-order valence-corrected chi connectivity index (χ2v) is 4.32. The summed E-state index contributed by atoms with van der Waals surface area (Å²) in [7, 11) is 0. The third-order valence-corrected chi connectivity index (χ3v) is 2.56. The van der Waals surface area contributed by atoms with E-state index in [1.807, 2.05) is 0 Å². The van der Waals surface area contributed by atoms with Gasteiger partial charge in [-0.25, -0.2) is 4.39 Å². The van der Waals surface area contributed by atoms with Crippen molar-refractivity contribution in [2.75, 3.05) is 0 Å². The molecule has 0 amide bonds. The normalized spacial score (nSPS) is 10.3. The van der Waals surface area contributed by atoms with Crippen molar-refractivity contribution in [3.63, 3.8) is 0 Å². The summed E-state index contributed by atoms with van der Waals surface area (Å²) in [5.74, 6) is -3.40. The molecule has 0 spiro atoms. The number of rotatable bonds is 3. The molecular weight excluding hydrogens is 326 g/mol. The van der Waals surface area contributed by atoms with Crippen LogP contribution in [-0.4, -0.2) is 9.91 Å². The van der Waals surface area contributed by atoms with Gasteiger partial charge in [0.2, 0.25) is 11.6 Å². The van der Waals surface area contributed by atoms with Gasteiger partial charge in [0.25, 0.3) is 0 Å². The zero-order valence-electron chi connectivity index (χ0n) is 9.14. The van der Waals surface area contributed by atoms with Crippen molar-refractivity contribution in [1.29, 1.82) is 0 Å². The minimum absolute atomic E-state index is 0.0435. The van der Waals surface area contributed by atoms with E-state index in [1.54, 1.807) is 0 Å². The maximum Gasteiger partial charge on any atom is 0.314 e. The third kappa shape index (κ3) is 2.84. The summed E-state index contributed by atoms with van der Waals surface area (Å²) in [6.45, 7) is 0. The van der Waals surface area contributed by atoms with Crippen LogP contribution in [0.4, 0.5) is 14.5 Å². The van der Waals surface area contributed by atoms with Gasteiger partial charge in [-0.2, -0.15) is 4.39 Å². The lowest BCUT2D eigenvalue weighted by Crippen LogP contribution is -1.98. The molecule has 0 saturated carbocycles. The molecule has 0 saturated heterocycles. The fraction of sp³-hybridized carbons (Fsp3) is 0. The molecule has 1 heterocycles. The van der Waals surface area contributed by atoms with Gasteiger partial charge in [0.15, 0.2) is 5.82 Å². The quantitative estimate of drug-likeness (QED) is 0.633. The van der Waals surface area contributed by atoms with Gasteiger partial charge in [-0.1, -0.05) is 0 Å². The van der Waals surface area contributed by atoms with E-state index >= 15 is 0 Å². The van der Waals surface area contributed by atoms with E-state index in [-0.39, 0.29) is 5.75 Å². The van der Waals surface area contributed by atoms with Crippen molar-refractivity contribution >= 4 is 21.6 Å². The number of nitro groups is 1. The largest absolute Gasteiger partial charge is 0.445 e. The summed E-state index contributed by atoms with van der Waals surface area (Å²) in [5, 5.41) is 10.8. The molecule has 0 N–H and O–H groups in total. The van der Waals surface area contributed by atoms with Crippen LogP contribution in [0.2, 0.25) is 0 Å². The lowest BCUT2D eigenvalue weighted by molar-refractivity contribution is -0.385. The second-order valence-electron chi connectivity index (χ2n) is 3.41. The number of halogens is 3. The van der Waals surface area contributed by atoms with Crippen molar-refractivity contribution < 1.29 is 18.4 Å². The van der Waals surface area contributed by atoms with Gasteiger partial charge in [-0.05, 0) is 28.1 Å². The van der Waals surface area contributed by atoms with Crippen LogP contribution < -0.4 is 4.74 Å². The monoisotopic (exact) mass is 330 g/mol. The van der Waals surface area contributed by atoms with E-state index in [1.165, 1.54) is 18.5 Å². The Hall–Kier alpha value is -2.09. The van der Waals surface area contributed by atoms with E-state index in [0.717, 1.165) is 6.07 Å². The summed E-state index contributed by atoms with van der Waals surface area (Å²) in [6, 6.07) is 2.92. The maximum absolute atomic E-state index is 13.6. The molecule has 2 rings (SSSR count). The Bertz CT molecular complexity index is 652. The molecule has 0 radical (unpaired) electrons. The number of hydrogen-bond donors (Lipinski definition) is 0. The van der Waals surface area contributed by atoms with Gasteiger partial charge in [-0.15, -0.1) is 0 Å². The molecule has 19 heavy (non-hydrogen) atoms. The van der Waals surface area contributed by atoms with Gasteiger partial charge in [0, 0.05) is 16.7 Å². The molecule has 2 aromatic rings. The third-order valence-electron chi connectivity index (χ3n) is 2.13. The molecule has 0 unspecified atom stereocenters. The van der Waals surface area contributed by atoms with E-state index in [4.69, 9.17) is 4.74 Å². The maximum atomic E-state index is 13.6. The zero-order chi connectivity index (χ0) is 14.0. The van der Waals surface area contributed by atoms with Crippen LogP contribution in [0.15, 0.2) is 35.1 Å². The number of hydrogen-bond acceptors (Lipinski definition) is 4. The highest BCUT2D eigenvalue weighted by Crippen LogP contribution is 2.35. The van der Waals surface area contributed by atoms with E-state index in [9.17, 15) is 18.9 Å². The van der Waals surface area contributed by atoms with Crippen LogP contribution >= 0.6 is 15.9 Å². The van der Waals surface area contributed by atoms with Gasteiger partial charge in [0.05, 0.1) is 11.1 Å². The Morgan fingerprint density at radius 1 is 1.32 bits per heavy atom. The topological polar surface area (TPSA) is 65.3 Å². The average molecular weight is 331 g/mol. The minimum atomic E-state index is -1.42. The number of nitro benzene ring substituents is 1. The zero-order valence-corrected chi connectivity index (χ0v) is 10.7. The Kier molecular flexibility index (Phi) is 3.70. The molecule has 1 aromatic carbocycles. The Morgan fingerprint density at radius 3 is 2.68 bits per heavy atom. The molecular formula is C11H5BrF2N2O3. The van der Waals surface area contributed by atoms with Gasteiger partial charge < -0.3 is 4.74 Å². The summed E-state index contributed by atoms with van der Waals surface area (Å²) >= 11 is 3.11. The number of pyridine rings is 1. The number of nitrogens with zero attached hydrogens (tertiary/aromatic N) is 2. The summed E-state index contributed by atoms with van der Waals surface area (Å²) in [4.78, 5) is 13.6. The molecule has 0 aliphatic heterocycles. The first-order valence-corrected chi connectivity index (χ1v) is 5.69. The smallest absolute Gasteiger partial charge is 0.314 e. The number of benzene rings is 1. The molecule has 98 valence electrons. The highest BCUT2D eigenvalue weighted by atomic mass is 79.9. The van der Waals surface area contributed by atoms with Crippen molar-refractivity contribution in [2.24, 2.45) is 0 Å². The minimum Gasteiger partial charge on any atom is -0.445 e. The first-order valence-electron chi connectivity index (χ1n) is 4.90. The van der Waals surface area contributed by atoms with Crippen molar-refractivity contribution in [3.8, 4) is 11.5 Å². The van der Waals surface area contributed by atoms with Crippen LogP contribution in [0.25, 0.3) is 0 Å². The van der Waals surface area contributed by atoms with Crippen molar-refractivity contribution in [3.05, 3.63) is 56.8 Å². The van der Waals surface area contributed by atoms with Crippen LogP contribution in [-0.2, 0) is 0 Å². The van der Waals surface area contributed by atoms with Crippen LogP contribution in [0.5, 0.6) is 11.5 Å². The number of ether oxygens (including phenoxy) is 1. The number of aromatic nitrogens is 1. The highest BCUT2D eigenvalue weighted by molar-refractivity contribution is 9.10. The molecule has 0 bridgehead atoms. The van der Waals surface area contributed by atoms with Gasteiger partial charge in [0.1, 0.15) is 5.75 Å². The first-order chi connectivity index (χ1) is 8.99. The van der Waals surface area contributed by atoms with E-state index < -0.39 is 28.0 Å². The first kappa shape index (κ1) is 13.3. The standard InChI is InChI=1S/C11H5BrF2N2O3/c12-6-3-7(5-15-4-6)19-11-9(16(17)18)2-1-8(13)10(11)14/h1-5H. The van der Waals surface area contributed by atoms with Crippen LogP contribution in [0.3, 0.4) is 0 Å². The van der Waals surface area contributed by atoms with E-state index in [0.29, 0.717) is 10.5 Å². The Morgan fingerprint density at radius 2 is 2.05 bits per heavy atom. The Labute approximate surface area is 114 Å². The molecule has 8 heteroatoms. The predicted octanol–water partition coefficient (Wildman–Crippen LogP) is 3.82. The average Bonchev–Trinajstić information content (AvgIpc) is 2.35. The summed E-state index contributed by atoms with van der Waals surface area (Å²) in [6.07, 6.45) is 2.67. The Balaban J connectivity index is 2.49. The summed E-state index contributed by atoms with van der Waals surface area (Å²) < 4.78 is 32.2. The van der Waals surface area contributed by atoms with Crippen LogP contribution in [0, 0.1) is 21.7 Å². The lowest BCUT2D eigenvalue weighted by Gasteiger charge is -2.07. The van der Waals surface area contributed by atoms with Gasteiger partial charge in [-0.3, -0.25) is 15.1 Å². The predicted molar refractivity (Wildman–Crippen MR) is 65.0 cm³/mol. The fourth-order valence-electron chi connectivity index (χ4n) is 1.33. The second kappa shape index (κ2) is 5.27. The molecule has 0 aliphatic carbocycles. The molecule has 5 nitrogen and oxygen atoms in total. The lowest BCUT2D eigenvalue weighted by atomic mass is 10.2. The molecule has 1 aromatic heterocycles. The van der Waals surface area contributed by atoms with Crippen molar-refractivity contribution in [2.45, 2.75) is 0 Å². The SMILES string of the molecule is O=[N+]([O-])c1ccc(F)c(F)c1Oc1cncc(Br)c1. The van der Waals surface area contributed by atoms with Crippen molar-refractivity contribution in [1.82, 2.24) is 4.98 Å². The fourth-order valence-corrected chi connectivity index (χ4v) is 1.67. The van der Waals surface area contributed by atoms with Crippen LogP contribution in [0.1, 0.15) is 0 Å². The van der Waals surface area contributed by atoms with E-state index in [2.05, 4.69) is 20.9 Å². The summed E-state index contributed by atoms with van der Waals surface area (Å²) in [5.41, 5.74) is -0.668. The highest BCUT2D eigenvalue weighted by Gasteiger charge is 2.24. The molecule has 0 aliphatic rings. The van der Waals surface area contributed by atoms with Gasteiger partial charge >= 0.3 is 5.69 Å². The molecule has 0 atom stereocenters. The molecule has 0 fully saturated rings.